The number of Topliss-reactive ketones (excluding diaryl/α,β-unsaturated/α-hetero) is 1. The zero-order valence-electron chi connectivity index (χ0n) is 11.9. The molecule has 0 bridgehead atoms. The molecule has 0 saturated carbocycles. The van der Waals surface area contributed by atoms with Crippen molar-refractivity contribution in [2.24, 2.45) is 5.92 Å². The first-order valence-electron chi connectivity index (χ1n) is 6.57. The molecule has 1 atom stereocenters. The van der Waals surface area contributed by atoms with Crippen LogP contribution >= 0.6 is 0 Å². The van der Waals surface area contributed by atoms with Gasteiger partial charge in [-0.25, -0.2) is 0 Å². The van der Waals surface area contributed by atoms with E-state index in [0.717, 1.165) is 16.7 Å². The van der Waals surface area contributed by atoms with Gasteiger partial charge in [0.25, 0.3) is 0 Å². The summed E-state index contributed by atoms with van der Waals surface area (Å²) >= 11 is 0. The molecule has 102 valence electrons. The van der Waals surface area contributed by atoms with Crippen molar-refractivity contribution in [3.63, 3.8) is 0 Å². The van der Waals surface area contributed by atoms with Crippen molar-refractivity contribution >= 4 is 11.8 Å². The summed E-state index contributed by atoms with van der Waals surface area (Å²) in [7, 11) is 1.37. The lowest BCUT2D eigenvalue weighted by Crippen LogP contribution is -2.28. The molecular weight excluding hydrogens is 240 g/mol. The number of rotatable bonds is 1. The highest BCUT2D eigenvalue weighted by Gasteiger charge is 2.31. The second-order valence-electron chi connectivity index (χ2n) is 6.17. The lowest BCUT2D eigenvalue weighted by molar-refractivity contribution is -0.145. The number of carbonyl (C=O) groups excluding carboxylic acids is 2. The Hall–Kier alpha value is -1.64. The molecule has 0 N–H and O–H groups in total. The average Bonchev–Trinajstić information content (AvgIpc) is 2.36. The number of ether oxygens (including phenoxy) is 1. The van der Waals surface area contributed by atoms with Crippen LogP contribution in [0.4, 0.5) is 0 Å². The van der Waals surface area contributed by atoms with Crippen molar-refractivity contribution in [3.05, 3.63) is 34.9 Å². The van der Waals surface area contributed by atoms with Gasteiger partial charge >= 0.3 is 5.97 Å². The maximum atomic E-state index is 12.2. The number of hydrogen-bond acceptors (Lipinski definition) is 3. The fourth-order valence-electron chi connectivity index (χ4n) is 2.49. The van der Waals surface area contributed by atoms with Crippen molar-refractivity contribution in [1.82, 2.24) is 0 Å². The van der Waals surface area contributed by atoms with Crippen molar-refractivity contribution < 1.29 is 14.3 Å². The molecular formula is C16H20O3. The SMILES string of the molecule is COC(=O)C1CC(=O)c2cc(C(C)(C)C)ccc2C1. The van der Waals surface area contributed by atoms with E-state index in [1.807, 2.05) is 18.2 Å². The van der Waals surface area contributed by atoms with Gasteiger partial charge in [0.05, 0.1) is 13.0 Å². The van der Waals surface area contributed by atoms with Gasteiger partial charge in [0.1, 0.15) is 0 Å². The first kappa shape index (κ1) is 13.8. The number of ketones is 1. The van der Waals surface area contributed by atoms with E-state index in [9.17, 15) is 9.59 Å². The number of esters is 1. The molecule has 2 rings (SSSR count). The lowest BCUT2D eigenvalue weighted by Gasteiger charge is -2.25. The molecule has 3 nitrogen and oxygen atoms in total. The molecule has 1 unspecified atom stereocenters. The van der Waals surface area contributed by atoms with Gasteiger partial charge in [-0.05, 0) is 29.0 Å². The summed E-state index contributed by atoms with van der Waals surface area (Å²) in [4.78, 5) is 23.8. The van der Waals surface area contributed by atoms with Gasteiger partial charge in [0.2, 0.25) is 0 Å². The topological polar surface area (TPSA) is 43.4 Å². The van der Waals surface area contributed by atoms with Crippen LogP contribution in [0.15, 0.2) is 18.2 Å². The fourth-order valence-corrected chi connectivity index (χ4v) is 2.49. The summed E-state index contributed by atoms with van der Waals surface area (Å²) in [6, 6.07) is 6.00. The summed E-state index contributed by atoms with van der Waals surface area (Å²) in [5.74, 6) is -0.577. The van der Waals surface area contributed by atoms with Crippen LogP contribution in [0.1, 0.15) is 48.7 Å². The molecule has 1 aliphatic carbocycles. The van der Waals surface area contributed by atoms with E-state index in [2.05, 4.69) is 20.8 Å². The summed E-state index contributed by atoms with van der Waals surface area (Å²) < 4.78 is 4.74. The quantitative estimate of drug-likeness (QED) is 0.729. The molecule has 0 fully saturated rings. The largest absolute Gasteiger partial charge is 0.469 e. The summed E-state index contributed by atoms with van der Waals surface area (Å²) in [6.45, 7) is 6.37. The number of fused-ring (bicyclic) bond motifs is 1. The second kappa shape index (κ2) is 4.80. The lowest BCUT2D eigenvalue weighted by atomic mass is 9.79. The smallest absolute Gasteiger partial charge is 0.309 e. The second-order valence-corrected chi connectivity index (χ2v) is 6.17. The van der Waals surface area contributed by atoms with E-state index in [1.165, 1.54) is 7.11 Å². The Balaban J connectivity index is 2.36. The zero-order chi connectivity index (χ0) is 14.2. The molecule has 0 heterocycles. The van der Waals surface area contributed by atoms with E-state index in [0.29, 0.717) is 6.42 Å². The minimum atomic E-state index is -0.328. The molecule has 0 radical (unpaired) electrons. The Morgan fingerprint density at radius 3 is 2.53 bits per heavy atom. The van der Waals surface area contributed by atoms with Gasteiger partial charge < -0.3 is 4.74 Å². The predicted octanol–water partition coefficient (Wildman–Crippen LogP) is 2.90. The molecule has 3 heteroatoms. The molecule has 0 spiro atoms. The van der Waals surface area contributed by atoms with E-state index in [4.69, 9.17) is 4.74 Å². The monoisotopic (exact) mass is 260 g/mol. The van der Waals surface area contributed by atoms with Gasteiger partial charge in [0, 0.05) is 12.0 Å². The first-order valence-corrected chi connectivity index (χ1v) is 6.57. The molecule has 0 saturated heterocycles. The third-order valence-electron chi connectivity index (χ3n) is 3.71. The fraction of sp³-hybridized carbons (Fsp3) is 0.500. The van der Waals surface area contributed by atoms with E-state index in [-0.39, 0.29) is 29.5 Å². The van der Waals surface area contributed by atoms with Crippen LogP contribution in [-0.2, 0) is 21.4 Å². The molecule has 0 aliphatic heterocycles. The summed E-state index contributed by atoms with van der Waals surface area (Å²) in [6.07, 6.45) is 0.853. The Morgan fingerprint density at radius 1 is 1.26 bits per heavy atom. The normalized spacial score (nSPS) is 18.9. The summed E-state index contributed by atoms with van der Waals surface area (Å²) in [5, 5.41) is 0. The third-order valence-corrected chi connectivity index (χ3v) is 3.71. The van der Waals surface area contributed by atoms with Gasteiger partial charge in [-0.3, -0.25) is 9.59 Å². The number of hydrogen-bond donors (Lipinski definition) is 0. The highest BCUT2D eigenvalue weighted by atomic mass is 16.5. The highest BCUT2D eigenvalue weighted by molar-refractivity contribution is 6.01. The van der Waals surface area contributed by atoms with Crippen LogP contribution in [0.2, 0.25) is 0 Å². The molecule has 1 aromatic carbocycles. The van der Waals surface area contributed by atoms with Crippen LogP contribution in [0.25, 0.3) is 0 Å². The summed E-state index contributed by atoms with van der Waals surface area (Å²) in [5.41, 5.74) is 2.90. The Labute approximate surface area is 114 Å². The molecule has 0 amide bonds. The minimum Gasteiger partial charge on any atom is -0.469 e. The van der Waals surface area contributed by atoms with Crippen LogP contribution in [0, 0.1) is 5.92 Å². The van der Waals surface area contributed by atoms with Gasteiger partial charge in [-0.2, -0.15) is 0 Å². The molecule has 0 aromatic heterocycles. The van der Waals surface area contributed by atoms with Crippen LogP contribution in [-0.4, -0.2) is 18.9 Å². The Bertz CT molecular complexity index is 523. The average molecular weight is 260 g/mol. The van der Waals surface area contributed by atoms with Crippen molar-refractivity contribution in [1.29, 1.82) is 0 Å². The zero-order valence-corrected chi connectivity index (χ0v) is 11.9. The highest BCUT2D eigenvalue weighted by Crippen LogP contribution is 2.31. The van der Waals surface area contributed by atoms with Crippen LogP contribution in [0.3, 0.4) is 0 Å². The van der Waals surface area contributed by atoms with Crippen LogP contribution in [0.5, 0.6) is 0 Å². The van der Waals surface area contributed by atoms with Gasteiger partial charge in [-0.1, -0.05) is 32.9 Å². The number of carbonyl (C=O) groups is 2. The number of benzene rings is 1. The molecule has 19 heavy (non-hydrogen) atoms. The minimum absolute atomic E-state index is 0.0223. The van der Waals surface area contributed by atoms with Crippen molar-refractivity contribution in [2.75, 3.05) is 7.11 Å². The molecule has 1 aromatic rings. The third kappa shape index (κ3) is 2.70. The van der Waals surface area contributed by atoms with E-state index in [1.54, 1.807) is 0 Å². The predicted molar refractivity (Wildman–Crippen MR) is 73.3 cm³/mol. The van der Waals surface area contributed by atoms with Gasteiger partial charge in [-0.15, -0.1) is 0 Å². The maximum absolute atomic E-state index is 12.2. The standard InChI is InChI=1S/C16H20O3/c1-16(2,3)12-6-5-10-7-11(15(18)19-4)8-14(17)13(10)9-12/h5-6,9,11H,7-8H2,1-4H3. The number of methoxy groups -OCH3 is 1. The maximum Gasteiger partial charge on any atom is 0.309 e. The van der Waals surface area contributed by atoms with E-state index < -0.39 is 0 Å². The first-order chi connectivity index (χ1) is 8.82. The molecule has 1 aliphatic rings. The van der Waals surface area contributed by atoms with Crippen LogP contribution < -0.4 is 0 Å². The van der Waals surface area contributed by atoms with E-state index >= 15 is 0 Å². The van der Waals surface area contributed by atoms with Crippen molar-refractivity contribution in [2.45, 2.75) is 39.0 Å². The Morgan fingerprint density at radius 2 is 1.95 bits per heavy atom. The Kier molecular flexibility index (Phi) is 3.48. The van der Waals surface area contributed by atoms with Crippen molar-refractivity contribution in [3.8, 4) is 0 Å². The van der Waals surface area contributed by atoms with Gasteiger partial charge in [0.15, 0.2) is 5.78 Å².